The Bertz CT molecular complexity index is 1850. The van der Waals surface area contributed by atoms with E-state index in [-0.39, 0.29) is 49.3 Å². The van der Waals surface area contributed by atoms with Crippen LogP contribution in [0.4, 0.5) is 14.4 Å². The maximum absolute atomic E-state index is 14.2. The summed E-state index contributed by atoms with van der Waals surface area (Å²) in [4.78, 5) is 33.3. The molecule has 0 aliphatic carbocycles. The highest BCUT2D eigenvalue weighted by Gasteiger charge is 2.44. The van der Waals surface area contributed by atoms with E-state index in [9.17, 15) is 27.9 Å². The maximum atomic E-state index is 14.2. The molecule has 5 atom stereocenters. The maximum Gasteiger partial charge on any atom is 0.407 e. The molecule has 0 spiro atoms. The monoisotopic (exact) mass is 942 g/mol. The number of sulfonamides is 1. The fourth-order valence-electron chi connectivity index (χ4n) is 7.17. The number of rotatable bonds is 19. The molecule has 3 heterocycles. The molecule has 2 fully saturated rings. The first-order chi connectivity index (χ1) is 30.2. The number of benzene rings is 2. The third-order valence-corrected chi connectivity index (χ3v) is 13.7. The highest BCUT2D eigenvalue weighted by atomic mass is 35.5. The first-order valence-electron chi connectivity index (χ1n) is 21.8. The number of carbonyl (C=O) groups is 3. The van der Waals surface area contributed by atoms with Crippen LogP contribution in [-0.4, -0.2) is 127 Å². The van der Waals surface area contributed by atoms with Gasteiger partial charge in [-0.05, 0) is 79.5 Å². The Hall–Kier alpha value is -3.91. The van der Waals surface area contributed by atoms with Crippen molar-refractivity contribution in [3.8, 4) is 11.5 Å². The lowest BCUT2D eigenvalue weighted by atomic mass is 9.77. The lowest BCUT2D eigenvalue weighted by Crippen LogP contribution is -2.52. The highest BCUT2D eigenvalue weighted by molar-refractivity contribution is 7.89. The minimum atomic E-state index is -4.12. The summed E-state index contributed by atoms with van der Waals surface area (Å²) in [7, 11) is -1.52. The second kappa shape index (κ2) is 26.3. The van der Waals surface area contributed by atoms with Gasteiger partial charge >= 0.3 is 17.6 Å². The van der Waals surface area contributed by atoms with Crippen LogP contribution in [0.3, 0.4) is 0 Å². The van der Waals surface area contributed by atoms with Crippen molar-refractivity contribution in [3.63, 3.8) is 0 Å². The van der Waals surface area contributed by atoms with Crippen molar-refractivity contribution in [2.45, 2.75) is 110 Å². The van der Waals surface area contributed by atoms with Crippen LogP contribution in [0.5, 0.6) is 11.5 Å². The van der Waals surface area contributed by atoms with E-state index in [2.05, 4.69) is 59.4 Å². The molecule has 3 aliphatic rings. The van der Waals surface area contributed by atoms with Gasteiger partial charge in [-0.1, -0.05) is 71.9 Å². The predicted molar refractivity (Wildman–Crippen MR) is 242 cm³/mol. The van der Waals surface area contributed by atoms with Crippen LogP contribution >= 0.6 is 11.6 Å². The number of hydrogen-bond donors (Lipinski definition) is 4. The summed E-state index contributed by atoms with van der Waals surface area (Å²) in [5.74, 6) is 1.45. The van der Waals surface area contributed by atoms with Crippen molar-refractivity contribution in [3.05, 3.63) is 54.1 Å². The summed E-state index contributed by atoms with van der Waals surface area (Å²) in [6.07, 6.45) is 1.32. The molecule has 2 aromatic carbocycles. The minimum Gasteiger partial charge on any atom is -0.486 e. The van der Waals surface area contributed by atoms with E-state index in [1.807, 2.05) is 44.2 Å². The first kappa shape index (κ1) is 54.4. The van der Waals surface area contributed by atoms with E-state index in [4.69, 9.17) is 29.4 Å². The van der Waals surface area contributed by atoms with E-state index in [1.165, 1.54) is 30.7 Å². The van der Waals surface area contributed by atoms with Crippen molar-refractivity contribution in [2.24, 2.45) is 28.4 Å². The largest absolute Gasteiger partial charge is 0.486 e. The molecule has 64 heavy (non-hydrogen) atoms. The molecule has 0 bridgehead atoms. The number of carbonyl (C=O) groups excluding carboxylic acids is 3. The molecule has 17 nitrogen and oxygen atoms in total. The summed E-state index contributed by atoms with van der Waals surface area (Å²) in [5, 5.41) is 17.2. The molecule has 2 aromatic rings. The second-order valence-corrected chi connectivity index (χ2v) is 20.0. The van der Waals surface area contributed by atoms with E-state index >= 15 is 0 Å². The van der Waals surface area contributed by atoms with Gasteiger partial charge in [-0.2, -0.15) is 4.31 Å². The van der Waals surface area contributed by atoms with E-state index in [0.29, 0.717) is 62.2 Å². The van der Waals surface area contributed by atoms with Crippen LogP contribution in [0.2, 0.25) is 0 Å². The van der Waals surface area contributed by atoms with Gasteiger partial charge in [-0.15, -0.1) is 0 Å². The van der Waals surface area contributed by atoms with Crippen LogP contribution in [0.15, 0.2) is 53.4 Å². The van der Waals surface area contributed by atoms with Crippen LogP contribution < -0.4 is 25.8 Å². The van der Waals surface area contributed by atoms with E-state index < -0.39 is 45.2 Å². The van der Waals surface area contributed by atoms with Crippen LogP contribution in [0.1, 0.15) is 79.2 Å². The fraction of sp³-hybridized carbons (Fsp3) is 0.667. The van der Waals surface area contributed by atoms with Gasteiger partial charge in [-0.25, -0.2) is 22.8 Å². The van der Waals surface area contributed by atoms with Crippen LogP contribution in [-0.2, 0) is 40.1 Å². The normalized spacial score (nSPS) is 18.9. The molecule has 3 aliphatic heterocycles. The van der Waals surface area contributed by atoms with E-state index in [1.54, 1.807) is 6.07 Å². The number of halogens is 1. The quantitative estimate of drug-likeness (QED) is 0.0674. The second-order valence-electron chi connectivity index (χ2n) is 17.7. The Labute approximate surface area is 384 Å². The SMILES string of the molecule is CC(C)(CCCN)CN(CC(O)[C@H](Cc1ccccc1)NC(=O)OC1COC2OCCC12)S(=O)(=O)c1ccc2c(c1)OCCO2.COC(=O)Cl.COC(=O)NCCCC(C)(C)C(C)C. The Morgan fingerprint density at radius 2 is 1.61 bits per heavy atom. The van der Waals surface area contributed by atoms with Crippen LogP contribution in [0.25, 0.3) is 0 Å². The average Bonchev–Trinajstić information content (AvgIpc) is 3.89. The molecule has 4 unspecified atom stereocenters. The molecule has 0 saturated carbocycles. The summed E-state index contributed by atoms with van der Waals surface area (Å²) in [6.45, 7) is 15.4. The third kappa shape index (κ3) is 17.8. The molecule has 2 amide bonds. The number of methoxy groups -OCH3 is 2. The molecule has 2 saturated heterocycles. The molecular formula is C45H71ClN4O13S. The zero-order valence-corrected chi connectivity index (χ0v) is 40.2. The van der Waals surface area contributed by atoms with Gasteiger partial charge < -0.3 is 54.6 Å². The Balaban J connectivity index is 0.000000480. The molecule has 0 aromatic heterocycles. The van der Waals surface area contributed by atoms with E-state index in [0.717, 1.165) is 31.2 Å². The number of alkyl carbamates (subject to hydrolysis) is 2. The van der Waals surface area contributed by atoms with Gasteiger partial charge in [0.25, 0.3) is 0 Å². The van der Waals surface area contributed by atoms with Crippen molar-refractivity contribution < 1.29 is 61.1 Å². The highest BCUT2D eigenvalue weighted by Crippen LogP contribution is 2.36. The Kier molecular flexibility index (Phi) is 22.4. The van der Waals surface area contributed by atoms with Crippen LogP contribution in [0, 0.1) is 22.7 Å². The number of aliphatic hydroxyl groups excluding tert-OH is 1. The molecule has 0 radical (unpaired) electrons. The summed E-state index contributed by atoms with van der Waals surface area (Å²) in [5.41, 5.74) is 5.75. The number of aliphatic hydroxyl groups is 1. The smallest absolute Gasteiger partial charge is 0.407 e. The average molecular weight is 944 g/mol. The summed E-state index contributed by atoms with van der Waals surface area (Å²) < 4.78 is 66.2. The number of fused-ring (bicyclic) bond motifs is 2. The molecule has 5 rings (SSSR count). The Morgan fingerprint density at radius 1 is 0.938 bits per heavy atom. The topological polar surface area (TPSA) is 224 Å². The third-order valence-electron chi connectivity index (χ3n) is 11.7. The zero-order chi connectivity index (χ0) is 47.5. The van der Waals surface area contributed by atoms with Gasteiger partial charge in [0.1, 0.15) is 19.3 Å². The van der Waals surface area contributed by atoms with Gasteiger partial charge in [0.2, 0.25) is 10.0 Å². The van der Waals surface area contributed by atoms with Gasteiger partial charge in [-0.3, -0.25) is 0 Å². The fourth-order valence-corrected chi connectivity index (χ4v) is 8.83. The van der Waals surface area contributed by atoms with Crippen molar-refractivity contribution in [2.75, 3.05) is 66.8 Å². The molecule has 362 valence electrons. The van der Waals surface area contributed by atoms with Gasteiger partial charge in [0.15, 0.2) is 17.8 Å². The standard InChI is InChI=1S/C32H45N3O9S.C11H23NO2.C2H3ClO2/c1-32(2,12-6-13-33)21-35(45(38,39)23-9-10-27-28(18-23)41-16-15-40-27)19-26(36)25(17-22-7-4-3-5-8-22)34-31(37)44-29-20-43-30-24(29)11-14-42-30;1-9(2)11(3,4)7-6-8-12-10(13)14-5;1-5-2(3)4/h3-5,7-10,18,24-26,29-30,36H,6,11-17,19-21,33H2,1-2H3,(H,34,37);9H,6-8H2,1-5H3,(H,12,13);1H3/t24?,25-,26?,29?,30?;;/m0../s1. The lowest BCUT2D eigenvalue weighted by Gasteiger charge is -2.35. The predicted octanol–water partition coefficient (Wildman–Crippen LogP) is 6.47. The van der Waals surface area contributed by atoms with Crippen molar-refractivity contribution >= 4 is 39.2 Å². The number of nitrogens with two attached hydrogens (primary N) is 1. The minimum absolute atomic E-state index is 0.0233. The number of amides is 2. The number of nitrogens with zero attached hydrogens (tertiary/aromatic N) is 1. The first-order valence-corrected chi connectivity index (χ1v) is 23.6. The number of hydrogen-bond acceptors (Lipinski definition) is 14. The zero-order valence-electron chi connectivity index (χ0n) is 38.6. The Morgan fingerprint density at radius 3 is 2.23 bits per heavy atom. The molecule has 19 heteroatoms. The number of ether oxygens (including phenoxy) is 7. The molecule has 5 N–H and O–H groups in total. The number of nitrogens with one attached hydrogen (secondary N) is 2. The summed E-state index contributed by atoms with van der Waals surface area (Å²) >= 11 is 4.60. The summed E-state index contributed by atoms with van der Waals surface area (Å²) in [6, 6.07) is 13.0. The van der Waals surface area contributed by atoms with Crippen molar-refractivity contribution in [1.82, 2.24) is 14.9 Å². The molecular weight excluding hydrogens is 872 g/mol. The van der Waals surface area contributed by atoms with Crippen molar-refractivity contribution in [1.29, 1.82) is 0 Å². The lowest BCUT2D eigenvalue weighted by molar-refractivity contribution is -0.0907. The van der Waals surface area contributed by atoms with Gasteiger partial charge in [0, 0.05) is 37.3 Å². The van der Waals surface area contributed by atoms with Gasteiger partial charge in [0.05, 0.1) is 50.4 Å².